The van der Waals surface area contributed by atoms with E-state index in [9.17, 15) is 4.79 Å². The second-order valence-corrected chi connectivity index (χ2v) is 7.31. The Hall–Kier alpha value is -2.95. The monoisotopic (exact) mass is 366 g/mol. The molecule has 1 aliphatic heterocycles. The van der Waals surface area contributed by atoms with Crippen molar-refractivity contribution in [2.24, 2.45) is 0 Å². The van der Waals surface area contributed by atoms with Crippen molar-refractivity contribution in [2.75, 3.05) is 14.2 Å². The van der Waals surface area contributed by atoms with Crippen LogP contribution in [0.2, 0.25) is 0 Å². The van der Waals surface area contributed by atoms with E-state index in [2.05, 4.69) is 30.5 Å². The van der Waals surface area contributed by atoms with Crippen molar-refractivity contribution in [1.82, 2.24) is 10.6 Å². The van der Waals surface area contributed by atoms with Crippen LogP contribution in [0.1, 0.15) is 30.5 Å². The average molecular weight is 366 g/mol. The lowest BCUT2D eigenvalue weighted by molar-refractivity contribution is -0.116. The van der Waals surface area contributed by atoms with E-state index in [1.54, 1.807) is 20.3 Å². The van der Waals surface area contributed by atoms with Crippen LogP contribution in [0.4, 0.5) is 0 Å². The van der Waals surface area contributed by atoms with E-state index < -0.39 is 0 Å². The third-order valence-corrected chi connectivity index (χ3v) is 4.60. The molecule has 0 fully saturated rings. The van der Waals surface area contributed by atoms with Gasteiger partial charge in [0.15, 0.2) is 11.5 Å². The predicted octanol–water partition coefficient (Wildman–Crippen LogP) is 3.29. The number of fused-ring (bicyclic) bond motifs is 1. The molecule has 1 amide bonds. The largest absolute Gasteiger partial charge is 0.493 e. The van der Waals surface area contributed by atoms with Gasteiger partial charge in [0.25, 0.3) is 0 Å². The zero-order valence-corrected chi connectivity index (χ0v) is 16.3. The second-order valence-electron chi connectivity index (χ2n) is 7.31. The van der Waals surface area contributed by atoms with E-state index in [0.717, 1.165) is 23.2 Å². The number of nitrogens with one attached hydrogen (secondary N) is 2. The quantitative estimate of drug-likeness (QED) is 0.798. The molecule has 2 N–H and O–H groups in total. The number of hydrogen-bond donors (Lipinski definition) is 2. The second kappa shape index (κ2) is 7.74. The van der Waals surface area contributed by atoms with Crippen LogP contribution in [0.25, 0.3) is 5.70 Å². The maximum Gasteiger partial charge on any atom is 0.246 e. The third-order valence-electron chi connectivity index (χ3n) is 4.60. The van der Waals surface area contributed by atoms with Crippen molar-refractivity contribution in [3.63, 3.8) is 0 Å². The first-order valence-corrected chi connectivity index (χ1v) is 8.99. The van der Waals surface area contributed by atoms with Gasteiger partial charge in [-0.1, -0.05) is 30.3 Å². The first-order chi connectivity index (χ1) is 12.9. The molecule has 27 heavy (non-hydrogen) atoms. The van der Waals surface area contributed by atoms with Gasteiger partial charge in [0.05, 0.1) is 14.2 Å². The van der Waals surface area contributed by atoms with E-state index in [1.165, 1.54) is 5.56 Å². The summed E-state index contributed by atoms with van der Waals surface area (Å²) in [6, 6.07) is 13.8. The topological polar surface area (TPSA) is 59.6 Å². The first kappa shape index (κ1) is 18.8. The minimum absolute atomic E-state index is 0.0934. The molecule has 0 atom stereocenters. The number of rotatable bonds is 5. The van der Waals surface area contributed by atoms with Crippen LogP contribution < -0.4 is 20.1 Å². The van der Waals surface area contributed by atoms with Gasteiger partial charge in [0.1, 0.15) is 0 Å². The van der Waals surface area contributed by atoms with E-state index in [4.69, 9.17) is 9.47 Å². The molecule has 3 rings (SSSR count). The molecule has 5 heteroatoms. The number of methoxy groups -OCH3 is 2. The fourth-order valence-corrected chi connectivity index (χ4v) is 3.37. The van der Waals surface area contributed by atoms with Gasteiger partial charge in [0, 0.05) is 29.4 Å². The minimum Gasteiger partial charge on any atom is -0.493 e. The summed E-state index contributed by atoms with van der Waals surface area (Å²) >= 11 is 0. The highest BCUT2D eigenvalue weighted by Crippen LogP contribution is 2.29. The Morgan fingerprint density at radius 2 is 1.89 bits per heavy atom. The smallest absolute Gasteiger partial charge is 0.246 e. The third kappa shape index (κ3) is 4.42. The van der Waals surface area contributed by atoms with Gasteiger partial charge in [-0.05, 0) is 43.5 Å². The minimum atomic E-state index is -0.139. The summed E-state index contributed by atoms with van der Waals surface area (Å²) in [5.41, 5.74) is 4.03. The average Bonchev–Trinajstić information content (AvgIpc) is 2.65. The Morgan fingerprint density at radius 1 is 1.15 bits per heavy atom. The summed E-state index contributed by atoms with van der Waals surface area (Å²) in [4.78, 5) is 12.5. The van der Waals surface area contributed by atoms with Crippen LogP contribution >= 0.6 is 0 Å². The molecule has 0 bridgehead atoms. The zero-order valence-electron chi connectivity index (χ0n) is 16.3. The fraction of sp³-hybridized carbons (Fsp3) is 0.318. The van der Waals surface area contributed by atoms with Crippen LogP contribution in [0.5, 0.6) is 11.5 Å². The van der Waals surface area contributed by atoms with E-state index in [0.29, 0.717) is 18.0 Å². The lowest BCUT2D eigenvalue weighted by atomic mass is 9.86. The van der Waals surface area contributed by atoms with Crippen molar-refractivity contribution in [1.29, 1.82) is 0 Å². The molecule has 1 heterocycles. The summed E-state index contributed by atoms with van der Waals surface area (Å²) in [6.45, 7) is 4.69. The van der Waals surface area contributed by atoms with Crippen molar-refractivity contribution >= 4 is 11.6 Å². The predicted molar refractivity (Wildman–Crippen MR) is 107 cm³/mol. The molecule has 5 nitrogen and oxygen atoms in total. The van der Waals surface area contributed by atoms with Gasteiger partial charge in [-0.3, -0.25) is 4.79 Å². The number of ether oxygens (including phenoxy) is 2. The molecule has 142 valence electrons. The maximum absolute atomic E-state index is 12.5. The number of amides is 1. The number of carbonyl (C=O) groups excluding carboxylic acids is 1. The van der Waals surface area contributed by atoms with Gasteiger partial charge in [-0.15, -0.1) is 0 Å². The first-order valence-electron chi connectivity index (χ1n) is 8.99. The lowest BCUT2D eigenvalue weighted by Gasteiger charge is -2.35. The van der Waals surface area contributed by atoms with E-state index in [-0.39, 0.29) is 11.4 Å². The molecule has 0 aliphatic carbocycles. The number of hydrogen-bond acceptors (Lipinski definition) is 4. The van der Waals surface area contributed by atoms with Crippen molar-refractivity contribution in [3.05, 3.63) is 65.2 Å². The highest BCUT2D eigenvalue weighted by atomic mass is 16.5. The molecule has 0 aromatic heterocycles. The van der Waals surface area contributed by atoms with Crippen LogP contribution in [-0.4, -0.2) is 25.7 Å². The van der Waals surface area contributed by atoms with Crippen LogP contribution in [0.15, 0.2) is 48.5 Å². The van der Waals surface area contributed by atoms with Crippen molar-refractivity contribution in [3.8, 4) is 11.5 Å². The van der Waals surface area contributed by atoms with E-state index >= 15 is 0 Å². The Balaban J connectivity index is 1.74. The SMILES string of the molecule is COc1ccc(CNC(=O)/C=C2\NC(C)(C)Cc3ccccc32)cc1OC. The van der Waals surface area contributed by atoms with E-state index in [1.807, 2.05) is 36.4 Å². The Morgan fingerprint density at radius 3 is 2.63 bits per heavy atom. The molecule has 0 unspecified atom stereocenters. The molecular formula is C22H26N2O3. The molecule has 2 aromatic rings. The lowest BCUT2D eigenvalue weighted by Crippen LogP contribution is -2.44. The molecule has 0 saturated carbocycles. The molecule has 0 radical (unpaired) electrons. The number of carbonyl (C=O) groups is 1. The van der Waals surface area contributed by atoms with Crippen molar-refractivity contribution < 1.29 is 14.3 Å². The van der Waals surface area contributed by atoms with Gasteiger partial charge < -0.3 is 20.1 Å². The highest BCUT2D eigenvalue weighted by Gasteiger charge is 2.27. The van der Waals surface area contributed by atoms with Crippen LogP contribution in [-0.2, 0) is 17.8 Å². The molecule has 0 saturated heterocycles. The molecular weight excluding hydrogens is 340 g/mol. The van der Waals surface area contributed by atoms with Gasteiger partial charge in [-0.25, -0.2) is 0 Å². The zero-order chi connectivity index (χ0) is 19.4. The molecule has 0 spiro atoms. The van der Waals surface area contributed by atoms with Gasteiger partial charge in [-0.2, -0.15) is 0 Å². The molecule has 2 aromatic carbocycles. The Kier molecular flexibility index (Phi) is 5.40. The normalized spacial score (nSPS) is 16.2. The summed E-state index contributed by atoms with van der Waals surface area (Å²) in [6.07, 6.45) is 2.56. The summed E-state index contributed by atoms with van der Waals surface area (Å²) < 4.78 is 10.5. The van der Waals surface area contributed by atoms with Crippen LogP contribution in [0.3, 0.4) is 0 Å². The Bertz CT molecular complexity index is 872. The van der Waals surface area contributed by atoms with Gasteiger partial charge >= 0.3 is 0 Å². The summed E-state index contributed by atoms with van der Waals surface area (Å²) in [7, 11) is 3.20. The standard InChI is InChI=1S/C22H26N2O3/c1-22(2)13-16-7-5-6-8-17(16)18(24-22)12-21(25)23-14-15-9-10-19(26-3)20(11-15)27-4/h5-12,24H,13-14H2,1-4H3,(H,23,25)/b18-12-. The summed E-state index contributed by atoms with van der Waals surface area (Å²) in [5.74, 6) is 1.17. The summed E-state index contributed by atoms with van der Waals surface area (Å²) in [5, 5.41) is 6.42. The molecule has 1 aliphatic rings. The Labute approximate surface area is 160 Å². The van der Waals surface area contributed by atoms with Crippen LogP contribution in [0, 0.1) is 0 Å². The maximum atomic E-state index is 12.5. The van der Waals surface area contributed by atoms with Crippen molar-refractivity contribution in [2.45, 2.75) is 32.4 Å². The fourth-order valence-electron chi connectivity index (χ4n) is 3.37. The van der Waals surface area contributed by atoms with Gasteiger partial charge in [0.2, 0.25) is 5.91 Å². The number of benzene rings is 2. The highest BCUT2D eigenvalue weighted by molar-refractivity contribution is 5.95.